The van der Waals surface area contributed by atoms with Gasteiger partial charge in [-0.3, -0.25) is 0 Å². The Labute approximate surface area is 119 Å². The molecule has 96 valence electrons. The fourth-order valence-corrected chi connectivity index (χ4v) is 3.04. The van der Waals surface area contributed by atoms with Crippen LogP contribution in [0.25, 0.3) is 0 Å². The van der Waals surface area contributed by atoms with Gasteiger partial charge in [0.05, 0.1) is 0 Å². The third-order valence-corrected chi connectivity index (χ3v) is 4.96. The van der Waals surface area contributed by atoms with Crippen molar-refractivity contribution in [3.63, 3.8) is 0 Å². The Morgan fingerprint density at radius 2 is 1.94 bits per heavy atom. The number of unbranched alkanes of at least 4 members (excludes halogenated alkanes) is 1. The van der Waals surface area contributed by atoms with Gasteiger partial charge in [0.2, 0.25) is 0 Å². The van der Waals surface area contributed by atoms with Gasteiger partial charge in [-0.15, -0.1) is 11.6 Å². The van der Waals surface area contributed by atoms with Crippen LogP contribution >= 0.6 is 27.5 Å². The first-order chi connectivity index (χ1) is 8.17. The Balaban J connectivity index is 2.82. The first-order valence-corrected chi connectivity index (χ1v) is 7.79. The SMILES string of the molecule is CCCCC(CC)(CCl)Cc1ccccc1Br. The van der Waals surface area contributed by atoms with Crippen LogP contribution in [0.4, 0.5) is 0 Å². The molecule has 0 amide bonds. The van der Waals surface area contributed by atoms with Crippen LogP contribution in [-0.4, -0.2) is 5.88 Å². The van der Waals surface area contributed by atoms with Crippen LogP contribution in [-0.2, 0) is 6.42 Å². The summed E-state index contributed by atoms with van der Waals surface area (Å²) in [5, 5.41) is 0. The molecule has 2 heteroatoms. The normalized spacial score (nSPS) is 14.6. The first kappa shape index (κ1) is 15.0. The van der Waals surface area contributed by atoms with Gasteiger partial charge in [-0.25, -0.2) is 0 Å². The zero-order valence-corrected chi connectivity index (χ0v) is 13.1. The van der Waals surface area contributed by atoms with E-state index < -0.39 is 0 Å². The number of halogens is 2. The molecule has 1 aromatic rings. The van der Waals surface area contributed by atoms with Crippen molar-refractivity contribution in [2.24, 2.45) is 5.41 Å². The molecule has 0 aliphatic rings. The number of hydrogen-bond acceptors (Lipinski definition) is 0. The van der Waals surface area contributed by atoms with Crippen molar-refractivity contribution in [1.29, 1.82) is 0 Å². The minimum atomic E-state index is 0.265. The largest absolute Gasteiger partial charge is 0.126 e. The molecule has 1 unspecified atom stereocenters. The van der Waals surface area contributed by atoms with E-state index in [1.54, 1.807) is 0 Å². The van der Waals surface area contributed by atoms with Gasteiger partial charge in [0.25, 0.3) is 0 Å². The highest BCUT2D eigenvalue weighted by atomic mass is 79.9. The Morgan fingerprint density at radius 3 is 2.47 bits per heavy atom. The molecule has 0 saturated heterocycles. The molecule has 0 aliphatic carbocycles. The van der Waals surface area contributed by atoms with Crippen LogP contribution in [0.1, 0.15) is 45.1 Å². The maximum Gasteiger partial charge on any atom is 0.0283 e. The monoisotopic (exact) mass is 316 g/mol. The van der Waals surface area contributed by atoms with Crippen molar-refractivity contribution in [1.82, 2.24) is 0 Å². The molecule has 0 bridgehead atoms. The Bertz CT molecular complexity index is 331. The fraction of sp³-hybridized carbons (Fsp3) is 0.600. The second-order valence-electron chi connectivity index (χ2n) is 4.86. The quantitative estimate of drug-likeness (QED) is 0.556. The van der Waals surface area contributed by atoms with E-state index in [4.69, 9.17) is 11.6 Å². The second kappa shape index (κ2) is 7.43. The topological polar surface area (TPSA) is 0 Å². The molecule has 0 spiro atoms. The molecular formula is C15H22BrCl. The minimum absolute atomic E-state index is 0.265. The van der Waals surface area contributed by atoms with Crippen LogP contribution in [0, 0.1) is 5.41 Å². The molecule has 0 saturated carbocycles. The Morgan fingerprint density at radius 1 is 1.24 bits per heavy atom. The van der Waals surface area contributed by atoms with Crippen molar-refractivity contribution in [3.8, 4) is 0 Å². The van der Waals surface area contributed by atoms with Crippen LogP contribution in [0.3, 0.4) is 0 Å². The molecule has 17 heavy (non-hydrogen) atoms. The molecule has 0 aromatic heterocycles. The second-order valence-corrected chi connectivity index (χ2v) is 5.98. The third kappa shape index (κ3) is 4.30. The highest BCUT2D eigenvalue weighted by molar-refractivity contribution is 9.10. The van der Waals surface area contributed by atoms with Gasteiger partial charge in [0, 0.05) is 10.4 Å². The predicted molar refractivity (Wildman–Crippen MR) is 80.8 cm³/mol. The molecule has 0 nitrogen and oxygen atoms in total. The maximum atomic E-state index is 6.25. The lowest BCUT2D eigenvalue weighted by atomic mass is 9.77. The van der Waals surface area contributed by atoms with Gasteiger partial charge in [-0.05, 0) is 36.3 Å². The summed E-state index contributed by atoms with van der Waals surface area (Å²) in [6, 6.07) is 8.49. The highest BCUT2D eigenvalue weighted by Gasteiger charge is 2.27. The lowest BCUT2D eigenvalue weighted by Crippen LogP contribution is -2.25. The summed E-state index contributed by atoms with van der Waals surface area (Å²) in [6.45, 7) is 4.50. The van der Waals surface area contributed by atoms with Gasteiger partial charge in [-0.1, -0.05) is 60.8 Å². The molecule has 1 aromatic carbocycles. The van der Waals surface area contributed by atoms with Crippen LogP contribution in [0.2, 0.25) is 0 Å². The average molecular weight is 318 g/mol. The van der Waals surface area contributed by atoms with Gasteiger partial charge in [0.15, 0.2) is 0 Å². The molecule has 0 fully saturated rings. The van der Waals surface area contributed by atoms with Crippen molar-refractivity contribution >= 4 is 27.5 Å². The van der Waals surface area contributed by atoms with Crippen molar-refractivity contribution < 1.29 is 0 Å². The smallest absolute Gasteiger partial charge is 0.0283 e. The fourth-order valence-electron chi connectivity index (χ4n) is 2.20. The van der Waals surface area contributed by atoms with Gasteiger partial charge < -0.3 is 0 Å². The van der Waals surface area contributed by atoms with Crippen LogP contribution in [0.5, 0.6) is 0 Å². The van der Waals surface area contributed by atoms with E-state index in [0.29, 0.717) is 0 Å². The number of hydrogen-bond donors (Lipinski definition) is 0. The molecular weight excluding hydrogens is 296 g/mol. The molecule has 0 aliphatic heterocycles. The van der Waals surface area contributed by atoms with Crippen molar-refractivity contribution in [3.05, 3.63) is 34.3 Å². The van der Waals surface area contributed by atoms with Gasteiger partial charge in [0.1, 0.15) is 0 Å². The van der Waals surface area contributed by atoms with Crippen molar-refractivity contribution in [2.45, 2.75) is 46.0 Å². The van der Waals surface area contributed by atoms with Crippen LogP contribution < -0.4 is 0 Å². The highest BCUT2D eigenvalue weighted by Crippen LogP contribution is 2.36. The van der Waals surface area contributed by atoms with E-state index in [1.165, 1.54) is 29.3 Å². The third-order valence-electron chi connectivity index (χ3n) is 3.62. The molecule has 1 rings (SSSR count). The summed E-state index contributed by atoms with van der Waals surface area (Å²) in [4.78, 5) is 0. The Hall–Kier alpha value is -0.0100. The van der Waals surface area contributed by atoms with E-state index in [2.05, 4.69) is 54.0 Å². The summed E-state index contributed by atoms with van der Waals surface area (Å²) in [5.74, 6) is 0.755. The van der Waals surface area contributed by atoms with E-state index in [1.807, 2.05) is 0 Å². The number of rotatable bonds is 7. The average Bonchev–Trinajstić information content (AvgIpc) is 2.37. The molecule has 1 atom stereocenters. The summed E-state index contributed by atoms with van der Waals surface area (Å²) in [5.41, 5.74) is 1.65. The molecule has 0 radical (unpaired) electrons. The standard InChI is InChI=1S/C15H22BrCl/c1-3-5-10-15(4-2,12-17)11-13-8-6-7-9-14(13)16/h6-9H,3-5,10-12H2,1-2H3. The number of alkyl halides is 1. The van der Waals surface area contributed by atoms with E-state index >= 15 is 0 Å². The zero-order valence-electron chi connectivity index (χ0n) is 10.8. The lowest BCUT2D eigenvalue weighted by molar-refractivity contribution is 0.278. The maximum absolute atomic E-state index is 6.25. The molecule has 0 N–H and O–H groups in total. The zero-order chi connectivity index (χ0) is 12.7. The lowest BCUT2D eigenvalue weighted by Gasteiger charge is -2.31. The van der Waals surface area contributed by atoms with Crippen LogP contribution in [0.15, 0.2) is 28.7 Å². The van der Waals surface area contributed by atoms with E-state index in [0.717, 1.165) is 18.7 Å². The van der Waals surface area contributed by atoms with Gasteiger partial charge in [-0.2, -0.15) is 0 Å². The minimum Gasteiger partial charge on any atom is -0.126 e. The van der Waals surface area contributed by atoms with E-state index in [-0.39, 0.29) is 5.41 Å². The Kier molecular flexibility index (Phi) is 6.58. The number of benzene rings is 1. The predicted octanol–water partition coefficient (Wildman–Crippen LogP) is 5.82. The van der Waals surface area contributed by atoms with Crippen molar-refractivity contribution in [2.75, 3.05) is 5.88 Å². The molecule has 0 heterocycles. The summed E-state index contributed by atoms with van der Waals surface area (Å²) < 4.78 is 1.21. The summed E-state index contributed by atoms with van der Waals surface area (Å²) >= 11 is 9.88. The first-order valence-electron chi connectivity index (χ1n) is 6.47. The summed E-state index contributed by atoms with van der Waals surface area (Å²) in [6.07, 6.45) is 5.97. The summed E-state index contributed by atoms with van der Waals surface area (Å²) in [7, 11) is 0. The van der Waals surface area contributed by atoms with E-state index in [9.17, 15) is 0 Å². The van der Waals surface area contributed by atoms with Gasteiger partial charge >= 0.3 is 0 Å².